The van der Waals surface area contributed by atoms with Crippen LogP contribution in [0.2, 0.25) is 0 Å². The van der Waals surface area contributed by atoms with Crippen LogP contribution in [0, 0.1) is 0 Å². The van der Waals surface area contributed by atoms with Crippen LogP contribution in [0.3, 0.4) is 0 Å². The van der Waals surface area contributed by atoms with Crippen LogP contribution in [-0.4, -0.2) is 36.9 Å². The molecule has 0 saturated heterocycles. The first-order chi connectivity index (χ1) is 8.72. The van der Waals surface area contributed by atoms with Gasteiger partial charge in [0.25, 0.3) is 0 Å². The summed E-state index contributed by atoms with van der Waals surface area (Å²) < 4.78 is 27.6. The molecular weight excluding hydrogens is 268 g/mol. The van der Waals surface area contributed by atoms with Gasteiger partial charge in [0.1, 0.15) is 0 Å². The number of anilines is 1. The molecule has 0 bridgehead atoms. The van der Waals surface area contributed by atoms with Crippen molar-refractivity contribution in [2.45, 2.75) is 26.3 Å². The zero-order valence-corrected chi connectivity index (χ0v) is 11.9. The molecule has 0 aromatic heterocycles. The fraction of sp³-hybridized carbons (Fsp3) is 0.417. The monoisotopic (exact) mass is 286 g/mol. The van der Waals surface area contributed by atoms with Gasteiger partial charge >= 0.3 is 16.2 Å². The van der Waals surface area contributed by atoms with E-state index in [2.05, 4.69) is 4.72 Å². The van der Waals surface area contributed by atoms with Crippen molar-refractivity contribution in [2.75, 3.05) is 11.8 Å². The average Bonchev–Trinajstić information content (AvgIpc) is 2.26. The summed E-state index contributed by atoms with van der Waals surface area (Å²) in [5, 5.41) is 8.70. The molecule has 1 aromatic rings. The second-order valence-corrected chi connectivity index (χ2v) is 6.22. The van der Waals surface area contributed by atoms with E-state index >= 15 is 0 Å². The molecule has 106 valence electrons. The summed E-state index contributed by atoms with van der Waals surface area (Å²) in [7, 11) is -2.14. The molecule has 0 aliphatic heterocycles. The van der Waals surface area contributed by atoms with Gasteiger partial charge in [-0.15, -0.1) is 0 Å². The van der Waals surface area contributed by atoms with Crippen LogP contribution in [0.1, 0.15) is 19.4 Å². The molecule has 7 heteroatoms. The predicted molar refractivity (Wildman–Crippen MR) is 73.2 cm³/mol. The molecule has 0 aliphatic rings. The van der Waals surface area contributed by atoms with Gasteiger partial charge < -0.3 is 5.11 Å². The molecule has 19 heavy (non-hydrogen) atoms. The standard InChI is InChI=1S/C12H18N2O4S/c1-9(2)14(3)19(17,18)13-11-6-4-5-10(7-11)8-12(15)16/h4-7,9,13H,8H2,1-3H3,(H,15,16). The number of rotatable bonds is 6. The number of aliphatic carboxylic acids is 1. The highest BCUT2D eigenvalue weighted by Crippen LogP contribution is 2.15. The van der Waals surface area contributed by atoms with E-state index in [0.29, 0.717) is 11.3 Å². The fourth-order valence-corrected chi connectivity index (χ4v) is 2.54. The minimum atomic E-state index is -3.62. The topological polar surface area (TPSA) is 86.7 Å². The molecule has 6 nitrogen and oxygen atoms in total. The Balaban J connectivity index is 2.91. The van der Waals surface area contributed by atoms with Crippen LogP contribution in [0.15, 0.2) is 24.3 Å². The van der Waals surface area contributed by atoms with Gasteiger partial charge in [-0.05, 0) is 31.5 Å². The van der Waals surface area contributed by atoms with Crippen molar-refractivity contribution in [2.24, 2.45) is 0 Å². The highest BCUT2D eigenvalue weighted by molar-refractivity contribution is 7.90. The van der Waals surface area contributed by atoms with Gasteiger partial charge in [0.15, 0.2) is 0 Å². The number of nitrogens with zero attached hydrogens (tertiary/aromatic N) is 1. The van der Waals surface area contributed by atoms with E-state index in [-0.39, 0.29) is 12.5 Å². The number of hydrogen-bond donors (Lipinski definition) is 2. The Hall–Kier alpha value is -1.60. The van der Waals surface area contributed by atoms with Crippen molar-refractivity contribution in [3.8, 4) is 0 Å². The van der Waals surface area contributed by atoms with E-state index in [1.807, 2.05) is 0 Å². The maximum atomic E-state index is 12.0. The Kier molecular flexibility index (Phi) is 4.90. The summed E-state index contributed by atoms with van der Waals surface area (Å²) in [5.41, 5.74) is 0.895. The average molecular weight is 286 g/mol. The second-order valence-electron chi connectivity index (χ2n) is 4.49. The Labute approximate surface area is 113 Å². The Morgan fingerprint density at radius 3 is 2.58 bits per heavy atom. The fourth-order valence-electron chi connectivity index (χ4n) is 1.42. The molecule has 0 heterocycles. The summed E-state index contributed by atoms with van der Waals surface area (Å²) in [6, 6.07) is 6.18. The van der Waals surface area contributed by atoms with Crippen LogP contribution in [-0.2, 0) is 21.4 Å². The minimum Gasteiger partial charge on any atom is -0.481 e. The summed E-state index contributed by atoms with van der Waals surface area (Å²) in [4.78, 5) is 10.6. The lowest BCUT2D eigenvalue weighted by molar-refractivity contribution is -0.136. The molecule has 2 N–H and O–H groups in total. The van der Waals surface area contributed by atoms with Gasteiger partial charge in [0.2, 0.25) is 0 Å². The van der Waals surface area contributed by atoms with E-state index in [9.17, 15) is 13.2 Å². The molecule has 1 rings (SSSR count). The van der Waals surface area contributed by atoms with Crippen LogP contribution >= 0.6 is 0 Å². The lowest BCUT2D eigenvalue weighted by Crippen LogP contribution is -2.37. The molecule has 0 fully saturated rings. The molecule has 0 aliphatic carbocycles. The molecule has 1 aromatic carbocycles. The lowest BCUT2D eigenvalue weighted by Gasteiger charge is -2.21. The molecule has 0 amide bonds. The van der Waals surface area contributed by atoms with Crippen molar-refractivity contribution >= 4 is 21.9 Å². The first-order valence-electron chi connectivity index (χ1n) is 5.79. The zero-order chi connectivity index (χ0) is 14.6. The van der Waals surface area contributed by atoms with Crippen LogP contribution in [0.25, 0.3) is 0 Å². The largest absolute Gasteiger partial charge is 0.481 e. The van der Waals surface area contributed by atoms with Crippen molar-refractivity contribution in [1.82, 2.24) is 4.31 Å². The van der Waals surface area contributed by atoms with Gasteiger partial charge in [-0.25, -0.2) is 0 Å². The zero-order valence-electron chi connectivity index (χ0n) is 11.1. The van der Waals surface area contributed by atoms with Gasteiger partial charge in [0, 0.05) is 13.1 Å². The minimum absolute atomic E-state index is 0.143. The molecule has 0 radical (unpaired) electrons. The highest BCUT2D eigenvalue weighted by atomic mass is 32.2. The lowest BCUT2D eigenvalue weighted by atomic mass is 10.1. The predicted octanol–water partition coefficient (Wildman–Crippen LogP) is 1.31. The van der Waals surface area contributed by atoms with Crippen LogP contribution < -0.4 is 4.72 Å². The van der Waals surface area contributed by atoms with E-state index < -0.39 is 16.2 Å². The van der Waals surface area contributed by atoms with Crippen molar-refractivity contribution in [3.63, 3.8) is 0 Å². The maximum Gasteiger partial charge on any atom is 0.307 e. The third-order valence-corrected chi connectivity index (χ3v) is 4.31. The van der Waals surface area contributed by atoms with E-state index in [1.165, 1.54) is 17.4 Å². The maximum absolute atomic E-state index is 12.0. The molecule has 0 unspecified atom stereocenters. The number of carboxylic acid groups (broad SMARTS) is 1. The Morgan fingerprint density at radius 1 is 1.42 bits per heavy atom. The summed E-state index contributed by atoms with van der Waals surface area (Å²) >= 11 is 0. The third-order valence-electron chi connectivity index (χ3n) is 2.64. The quantitative estimate of drug-likeness (QED) is 0.825. The van der Waals surface area contributed by atoms with Gasteiger partial charge in [-0.2, -0.15) is 12.7 Å². The molecule has 0 saturated carbocycles. The first-order valence-corrected chi connectivity index (χ1v) is 7.23. The number of carbonyl (C=O) groups is 1. The summed E-state index contributed by atoms with van der Waals surface area (Å²) in [5.74, 6) is -0.959. The normalized spacial score (nSPS) is 11.8. The van der Waals surface area contributed by atoms with Crippen LogP contribution in [0.5, 0.6) is 0 Å². The number of nitrogens with one attached hydrogen (secondary N) is 1. The summed E-state index contributed by atoms with van der Waals surface area (Å²) in [6.45, 7) is 3.53. The Bertz CT molecular complexity index is 555. The van der Waals surface area contributed by atoms with Gasteiger partial charge in [-0.1, -0.05) is 12.1 Å². The molecular formula is C12H18N2O4S. The number of carboxylic acids is 1. The van der Waals surface area contributed by atoms with E-state index in [4.69, 9.17) is 5.11 Å². The smallest absolute Gasteiger partial charge is 0.307 e. The van der Waals surface area contributed by atoms with E-state index in [1.54, 1.807) is 32.0 Å². The Morgan fingerprint density at radius 2 is 2.05 bits per heavy atom. The van der Waals surface area contributed by atoms with Crippen LogP contribution in [0.4, 0.5) is 5.69 Å². The molecule has 0 atom stereocenters. The summed E-state index contributed by atoms with van der Waals surface area (Å²) in [6.07, 6.45) is -0.143. The molecule has 0 spiro atoms. The number of benzene rings is 1. The number of hydrogen-bond acceptors (Lipinski definition) is 3. The first kappa shape index (κ1) is 15.5. The van der Waals surface area contributed by atoms with Crippen molar-refractivity contribution < 1.29 is 18.3 Å². The van der Waals surface area contributed by atoms with Crippen molar-refractivity contribution in [3.05, 3.63) is 29.8 Å². The van der Waals surface area contributed by atoms with E-state index in [0.717, 1.165) is 0 Å². The SMILES string of the molecule is CC(C)N(C)S(=O)(=O)Nc1cccc(CC(=O)O)c1. The third kappa shape index (κ3) is 4.53. The highest BCUT2D eigenvalue weighted by Gasteiger charge is 2.20. The second kappa shape index (κ2) is 6.03. The van der Waals surface area contributed by atoms with Gasteiger partial charge in [0.05, 0.1) is 12.1 Å². The van der Waals surface area contributed by atoms with Crippen molar-refractivity contribution in [1.29, 1.82) is 0 Å². The van der Waals surface area contributed by atoms with Gasteiger partial charge in [-0.3, -0.25) is 9.52 Å².